The highest BCUT2D eigenvalue weighted by atomic mass is 16.5. The highest BCUT2D eigenvalue weighted by molar-refractivity contribution is 5.40. The van der Waals surface area contributed by atoms with Gasteiger partial charge in [-0.05, 0) is 80.6 Å². The highest BCUT2D eigenvalue weighted by Gasteiger charge is 2.05. The van der Waals surface area contributed by atoms with Gasteiger partial charge in [0.25, 0.3) is 0 Å². The van der Waals surface area contributed by atoms with E-state index in [9.17, 15) is 0 Å². The van der Waals surface area contributed by atoms with E-state index in [1.807, 2.05) is 13.0 Å². The summed E-state index contributed by atoms with van der Waals surface area (Å²) >= 11 is 0. The Morgan fingerprint density at radius 2 is 1.60 bits per heavy atom. The summed E-state index contributed by atoms with van der Waals surface area (Å²) in [5, 5.41) is 0. The Bertz CT molecular complexity index is 582. The van der Waals surface area contributed by atoms with Crippen molar-refractivity contribution < 1.29 is 4.74 Å². The van der Waals surface area contributed by atoms with Crippen LogP contribution in [0.1, 0.15) is 29.2 Å². The molecule has 2 rings (SSSR count). The molecule has 0 aliphatic heterocycles. The smallest absolute Gasteiger partial charge is 0.127 e. The minimum Gasteiger partial charge on any atom is -0.457 e. The molecule has 2 nitrogen and oxygen atoms in total. The molecule has 0 fully saturated rings. The van der Waals surface area contributed by atoms with Crippen molar-refractivity contribution in [2.45, 2.75) is 40.2 Å². The highest BCUT2D eigenvalue weighted by Crippen LogP contribution is 2.26. The van der Waals surface area contributed by atoms with E-state index in [0.717, 1.165) is 17.9 Å². The van der Waals surface area contributed by atoms with Gasteiger partial charge in [-0.25, -0.2) is 0 Å². The molecule has 106 valence electrons. The minimum absolute atomic E-state index is 0.180. The van der Waals surface area contributed by atoms with Crippen LogP contribution in [0.5, 0.6) is 11.5 Å². The molecule has 20 heavy (non-hydrogen) atoms. The fourth-order valence-corrected chi connectivity index (χ4v) is 2.44. The Labute approximate surface area is 121 Å². The standard InChI is InChI=1S/C18H23NO/c1-12-7-13(2)9-18(8-12)20-17-6-5-16(11-15(4)19)14(3)10-17/h5-10,15H,11,19H2,1-4H3. The van der Waals surface area contributed by atoms with Gasteiger partial charge in [0.15, 0.2) is 0 Å². The summed E-state index contributed by atoms with van der Waals surface area (Å²) in [5.41, 5.74) is 10.8. The van der Waals surface area contributed by atoms with Crippen LogP contribution in [-0.2, 0) is 6.42 Å². The van der Waals surface area contributed by atoms with Crippen LogP contribution < -0.4 is 10.5 Å². The molecule has 0 heterocycles. The van der Waals surface area contributed by atoms with Crippen LogP contribution in [0, 0.1) is 20.8 Å². The van der Waals surface area contributed by atoms with Crippen molar-refractivity contribution in [3.05, 3.63) is 58.7 Å². The van der Waals surface area contributed by atoms with Gasteiger partial charge in [-0.1, -0.05) is 12.1 Å². The maximum atomic E-state index is 5.95. The fraction of sp³-hybridized carbons (Fsp3) is 0.333. The molecule has 0 saturated carbocycles. The van der Waals surface area contributed by atoms with Crippen LogP contribution in [-0.4, -0.2) is 6.04 Å². The number of hydrogen-bond acceptors (Lipinski definition) is 2. The predicted octanol–water partition coefficient (Wildman–Crippen LogP) is 4.29. The first-order valence-corrected chi connectivity index (χ1v) is 7.05. The molecular formula is C18H23NO. The van der Waals surface area contributed by atoms with Crippen LogP contribution >= 0.6 is 0 Å². The van der Waals surface area contributed by atoms with Crippen molar-refractivity contribution in [2.24, 2.45) is 5.73 Å². The molecule has 0 aromatic heterocycles. The monoisotopic (exact) mass is 269 g/mol. The first-order chi connectivity index (χ1) is 9.44. The lowest BCUT2D eigenvalue weighted by Gasteiger charge is -2.12. The minimum atomic E-state index is 0.180. The van der Waals surface area contributed by atoms with Gasteiger partial charge in [0, 0.05) is 6.04 Å². The van der Waals surface area contributed by atoms with E-state index in [0.29, 0.717) is 0 Å². The second-order valence-electron chi connectivity index (χ2n) is 5.70. The number of hydrogen-bond donors (Lipinski definition) is 1. The zero-order valence-corrected chi connectivity index (χ0v) is 12.7. The van der Waals surface area contributed by atoms with E-state index in [-0.39, 0.29) is 6.04 Å². The SMILES string of the molecule is Cc1cc(C)cc(Oc2ccc(CC(C)N)c(C)c2)c1. The molecule has 0 aliphatic carbocycles. The molecule has 2 aromatic carbocycles. The van der Waals surface area contributed by atoms with Crippen LogP contribution in [0.3, 0.4) is 0 Å². The summed E-state index contributed by atoms with van der Waals surface area (Å²) in [6.07, 6.45) is 0.898. The summed E-state index contributed by atoms with van der Waals surface area (Å²) in [7, 11) is 0. The van der Waals surface area contributed by atoms with E-state index < -0.39 is 0 Å². The van der Waals surface area contributed by atoms with Crippen LogP contribution in [0.2, 0.25) is 0 Å². The van der Waals surface area contributed by atoms with Crippen LogP contribution in [0.4, 0.5) is 0 Å². The molecule has 0 saturated heterocycles. The fourth-order valence-electron chi connectivity index (χ4n) is 2.44. The molecular weight excluding hydrogens is 246 g/mol. The van der Waals surface area contributed by atoms with E-state index in [2.05, 4.69) is 51.1 Å². The van der Waals surface area contributed by atoms with Crippen molar-refractivity contribution in [1.29, 1.82) is 0 Å². The number of rotatable bonds is 4. The summed E-state index contributed by atoms with van der Waals surface area (Å²) in [4.78, 5) is 0. The largest absolute Gasteiger partial charge is 0.457 e. The van der Waals surface area contributed by atoms with Crippen molar-refractivity contribution in [3.8, 4) is 11.5 Å². The second kappa shape index (κ2) is 6.10. The Kier molecular flexibility index (Phi) is 4.46. The molecule has 0 spiro atoms. The van der Waals surface area contributed by atoms with Gasteiger partial charge < -0.3 is 10.5 Å². The lowest BCUT2D eigenvalue weighted by Crippen LogP contribution is -2.18. The van der Waals surface area contributed by atoms with Crippen LogP contribution in [0.25, 0.3) is 0 Å². The average Bonchev–Trinajstić information content (AvgIpc) is 2.31. The number of ether oxygens (including phenoxy) is 1. The molecule has 0 aliphatic rings. The van der Waals surface area contributed by atoms with E-state index in [1.165, 1.54) is 22.3 Å². The summed E-state index contributed by atoms with van der Waals surface area (Å²) in [5.74, 6) is 1.77. The maximum absolute atomic E-state index is 5.95. The third-order valence-electron chi connectivity index (χ3n) is 3.29. The Morgan fingerprint density at radius 3 is 2.15 bits per heavy atom. The zero-order chi connectivity index (χ0) is 14.7. The van der Waals surface area contributed by atoms with Gasteiger partial charge in [-0.2, -0.15) is 0 Å². The molecule has 2 N–H and O–H groups in total. The van der Waals surface area contributed by atoms with Gasteiger partial charge in [-0.3, -0.25) is 0 Å². The molecule has 0 radical (unpaired) electrons. The van der Waals surface area contributed by atoms with Crippen molar-refractivity contribution in [1.82, 2.24) is 0 Å². The molecule has 2 aromatic rings. The number of nitrogens with two attached hydrogens (primary N) is 1. The Balaban J connectivity index is 2.19. The van der Waals surface area contributed by atoms with Gasteiger partial charge in [0.1, 0.15) is 11.5 Å². The lowest BCUT2D eigenvalue weighted by atomic mass is 10.0. The van der Waals surface area contributed by atoms with Crippen molar-refractivity contribution in [2.75, 3.05) is 0 Å². The predicted molar refractivity (Wildman–Crippen MR) is 84.5 cm³/mol. The molecule has 0 bridgehead atoms. The lowest BCUT2D eigenvalue weighted by molar-refractivity contribution is 0.481. The van der Waals surface area contributed by atoms with Crippen molar-refractivity contribution in [3.63, 3.8) is 0 Å². The van der Waals surface area contributed by atoms with Gasteiger partial charge in [-0.15, -0.1) is 0 Å². The van der Waals surface area contributed by atoms with E-state index >= 15 is 0 Å². The van der Waals surface area contributed by atoms with Crippen molar-refractivity contribution >= 4 is 0 Å². The Hall–Kier alpha value is -1.80. The number of aryl methyl sites for hydroxylation is 3. The zero-order valence-electron chi connectivity index (χ0n) is 12.7. The third-order valence-corrected chi connectivity index (χ3v) is 3.29. The summed E-state index contributed by atoms with van der Waals surface area (Å²) < 4.78 is 5.95. The normalized spacial score (nSPS) is 12.2. The molecule has 1 atom stereocenters. The van der Waals surface area contributed by atoms with E-state index in [4.69, 9.17) is 10.5 Å². The second-order valence-corrected chi connectivity index (χ2v) is 5.70. The summed E-state index contributed by atoms with van der Waals surface area (Å²) in [6.45, 7) is 8.29. The Morgan fingerprint density at radius 1 is 0.950 bits per heavy atom. The van der Waals surface area contributed by atoms with Crippen LogP contribution in [0.15, 0.2) is 36.4 Å². The quantitative estimate of drug-likeness (QED) is 0.898. The number of benzene rings is 2. The third kappa shape index (κ3) is 3.84. The first-order valence-electron chi connectivity index (χ1n) is 7.05. The van der Waals surface area contributed by atoms with Gasteiger partial charge in [0.05, 0.1) is 0 Å². The van der Waals surface area contributed by atoms with Gasteiger partial charge >= 0.3 is 0 Å². The van der Waals surface area contributed by atoms with E-state index in [1.54, 1.807) is 0 Å². The molecule has 1 unspecified atom stereocenters. The van der Waals surface area contributed by atoms with Gasteiger partial charge in [0.2, 0.25) is 0 Å². The summed E-state index contributed by atoms with van der Waals surface area (Å²) in [6, 6.07) is 12.6. The topological polar surface area (TPSA) is 35.2 Å². The molecule has 2 heteroatoms. The average molecular weight is 269 g/mol. The molecule has 0 amide bonds. The maximum Gasteiger partial charge on any atom is 0.127 e. The first kappa shape index (κ1) is 14.6.